The Bertz CT molecular complexity index is 207. The maximum atomic E-state index is 10.6. The Morgan fingerprint density at radius 1 is 1.62 bits per heavy atom. The third-order valence-electron chi connectivity index (χ3n) is 2.22. The minimum atomic E-state index is -0.314. The number of primary amides is 1. The predicted molar refractivity (Wildman–Crippen MR) is 51.2 cm³/mol. The number of hydrogen-bond acceptors (Lipinski definition) is 2. The van der Waals surface area contributed by atoms with Gasteiger partial charge in [0.15, 0.2) is 0 Å². The van der Waals surface area contributed by atoms with E-state index in [9.17, 15) is 4.79 Å². The van der Waals surface area contributed by atoms with Gasteiger partial charge in [-0.15, -0.1) is 0 Å². The second kappa shape index (κ2) is 5.02. The van der Waals surface area contributed by atoms with Crippen molar-refractivity contribution in [1.82, 2.24) is 0 Å². The number of ether oxygens (including phenoxy) is 1. The zero-order chi connectivity index (χ0) is 9.68. The van der Waals surface area contributed by atoms with Crippen molar-refractivity contribution < 1.29 is 9.53 Å². The molecular formula is C10H17NO2. The maximum absolute atomic E-state index is 10.6. The van der Waals surface area contributed by atoms with Gasteiger partial charge in [0, 0.05) is 5.57 Å². The molecule has 0 aliphatic carbocycles. The molecule has 0 aromatic carbocycles. The van der Waals surface area contributed by atoms with Crippen LogP contribution in [0, 0.1) is 0 Å². The van der Waals surface area contributed by atoms with Crippen molar-refractivity contribution in [3.05, 3.63) is 11.6 Å². The summed E-state index contributed by atoms with van der Waals surface area (Å²) in [5.41, 5.74) is 5.75. The highest BCUT2D eigenvalue weighted by Gasteiger charge is 2.20. The molecule has 1 aliphatic heterocycles. The van der Waals surface area contributed by atoms with Crippen LogP contribution in [0.5, 0.6) is 0 Å². The van der Waals surface area contributed by atoms with E-state index in [0.717, 1.165) is 25.9 Å². The monoisotopic (exact) mass is 183 g/mol. The van der Waals surface area contributed by atoms with Crippen molar-refractivity contribution in [2.24, 2.45) is 5.73 Å². The van der Waals surface area contributed by atoms with Gasteiger partial charge in [-0.2, -0.15) is 0 Å². The summed E-state index contributed by atoms with van der Waals surface area (Å²) in [4.78, 5) is 10.6. The zero-order valence-corrected chi connectivity index (χ0v) is 8.08. The molecule has 0 saturated carbocycles. The topological polar surface area (TPSA) is 55.6 Å². The van der Waals surface area contributed by atoms with Gasteiger partial charge >= 0.3 is 0 Å². The lowest BCUT2D eigenvalue weighted by Crippen LogP contribution is -2.11. The van der Waals surface area contributed by atoms with Crippen LogP contribution >= 0.6 is 0 Å². The summed E-state index contributed by atoms with van der Waals surface area (Å²) in [6, 6.07) is 0. The molecule has 74 valence electrons. The highest BCUT2D eigenvalue weighted by molar-refractivity contribution is 5.91. The van der Waals surface area contributed by atoms with E-state index in [1.54, 1.807) is 6.92 Å². The molecule has 1 aliphatic rings. The third kappa shape index (κ3) is 4.68. The number of rotatable bonds is 6. The van der Waals surface area contributed by atoms with Gasteiger partial charge in [0.1, 0.15) is 0 Å². The molecule has 1 amide bonds. The van der Waals surface area contributed by atoms with Gasteiger partial charge < -0.3 is 10.5 Å². The predicted octanol–water partition coefficient (Wildman–Crippen LogP) is 1.38. The van der Waals surface area contributed by atoms with Crippen LogP contribution in [0.15, 0.2) is 11.6 Å². The summed E-state index contributed by atoms with van der Waals surface area (Å²) in [6.07, 6.45) is 6.83. The Labute approximate surface area is 78.9 Å². The SMILES string of the molecule is CC(=CCCCCC1CO1)C(N)=O. The Balaban J connectivity index is 1.98. The first-order chi connectivity index (χ1) is 6.20. The lowest BCUT2D eigenvalue weighted by Gasteiger charge is -1.96. The highest BCUT2D eigenvalue weighted by atomic mass is 16.6. The van der Waals surface area contributed by atoms with Crippen LogP contribution in [0.1, 0.15) is 32.6 Å². The minimum Gasteiger partial charge on any atom is -0.373 e. The summed E-state index contributed by atoms with van der Waals surface area (Å²) in [7, 11) is 0. The first-order valence-corrected chi connectivity index (χ1v) is 4.78. The van der Waals surface area contributed by atoms with E-state index in [1.807, 2.05) is 6.08 Å². The van der Waals surface area contributed by atoms with Crippen LogP contribution in [-0.2, 0) is 9.53 Å². The van der Waals surface area contributed by atoms with Gasteiger partial charge in [-0.1, -0.05) is 12.5 Å². The van der Waals surface area contributed by atoms with E-state index < -0.39 is 0 Å². The molecule has 0 spiro atoms. The summed E-state index contributed by atoms with van der Waals surface area (Å²) >= 11 is 0. The fourth-order valence-electron chi connectivity index (χ4n) is 1.17. The fraction of sp³-hybridized carbons (Fsp3) is 0.700. The molecule has 0 bridgehead atoms. The Hall–Kier alpha value is -0.830. The molecule has 1 rings (SSSR count). The molecule has 1 atom stereocenters. The molecule has 13 heavy (non-hydrogen) atoms. The number of carbonyl (C=O) groups is 1. The zero-order valence-electron chi connectivity index (χ0n) is 8.08. The maximum Gasteiger partial charge on any atom is 0.244 e. The van der Waals surface area contributed by atoms with Crippen LogP contribution in [0.25, 0.3) is 0 Å². The lowest BCUT2D eigenvalue weighted by atomic mass is 10.1. The Morgan fingerprint density at radius 3 is 2.85 bits per heavy atom. The second-order valence-electron chi connectivity index (χ2n) is 3.49. The van der Waals surface area contributed by atoms with Crippen molar-refractivity contribution in [2.45, 2.75) is 38.7 Å². The van der Waals surface area contributed by atoms with Crippen LogP contribution in [0.3, 0.4) is 0 Å². The quantitative estimate of drug-likeness (QED) is 0.384. The van der Waals surface area contributed by atoms with Crippen molar-refractivity contribution in [1.29, 1.82) is 0 Å². The molecule has 0 aromatic heterocycles. The number of hydrogen-bond donors (Lipinski definition) is 1. The lowest BCUT2D eigenvalue weighted by molar-refractivity contribution is -0.114. The number of nitrogens with two attached hydrogens (primary N) is 1. The van der Waals surface area contributed by atoms with E-state index in [2.05, 4.69) is 0 Å². The van der Waals surface area contributed by atoms with Crippen molar-refractivity contribution in [3.63, 3.8) is 0 Å². The number of epoxide rings is 1. The molecule has 0 radical (unpaired) electrons. The van der Waals surface area contributed by atoms with Crippen molar-refractivity contribution >= 4 is 5.91 Å². The molecule has 1 saturated heterocycles. The van der Waals surface area contributed by atoms with E-state index >= 15 is 0 Å². The molecule has 3 heteroatoms. The first kappa shape index (κ1) is 10.3. The van der Waals surface area contributed by atoms with E-state index in [1.165, 1.54) is 6.42 Å². The fourth-order valence-corrected chi connectivity index (χ4v) is 1.17. The molecule has 1 heterocycles. The number of allylic oxidation sites excluding steroid dienone is 1. The first-order valence-electron chi connectivity index (χ1n) is 4.78. The standard InChI is InChI=1S/C10H17NO2/c1-8(10(11)12)5-3-2-4-6-9-7-13-9/h5,9H,2-4,6-7H2,1H3,(H2,11,12). The molecule has 0 aromatic rings. The second-order valence-corrected chi connectivity index (χ2v) is 3.49. The largest absolute Gasteiger partial charge is 0.373 e. The summed E-state index contributed by atoms with van der Waals surface area (Å²) in [5.74, 6) is -0.314. The van der Waals surface area contributed by atoms with Gasteiger partial charge in [0.25, 0.3) is 0 Å². The van der Waals surface area contributed by atoms with E-state index in [0.29, 0.717) is 11.7 Å². The van der Waals surface area contributed by atoms with Crippen LogP contribution < -0.4 is 5.73 Å². The molecule has 1 fully saturated rings. The number of unbranched alkanes of at least 4 members (excludes halogenated alkanes) is 2. The van der Waals surface area contributed by atoms with E-state index in [-0.39, 0.29) is 5.91 Å². The Kier molecular flexibility index (Phi) is 3.96. The average molecular weight is 183 g/mol. The Morgan fingerprint density at radius 2 is 2.31 bits per heavy atom. The van der Waals surface area contributed by atoms with Crippen LogP contribution in [-0.4, -0.2) is 18.6 Å². The third-order valence-corrected chi connectivity index (χ3v) is 2.22. The molecule has 2 N–H and O–H groups in total. The summed E-state index contributed by atoms with van der Waals surface area (Å²) in [5, 5.41) is 0. The van der Waals surface area contributed by atoms with Gasteiger partial charge in [-0.3, -0.25) is 4.79 Å². The van der Waals surface area contributed by atoms with Crippen LogP contribution in [0.2, 0.25) is 0 Å². The van der Waals surface area contributed by atoms with Gasteiger partial charge in [-0.05, 0) is 26.2 Å². The average Bonchev–Trinajstić information content (AvgIpc) is 2.87. The number of amides is 1. The van der Waals surface area contributed by atoms with Crippen LogP contribution in [0.4, 0.5) is 0 Å². The van der Waals surface area contributed by atoms with Gasteiger partial charge in [-0.25, -0.2) is 0 Å². The molecule has 1 unspecified atom stereocenters. The molecular weight excluding hydrogens is 166 g/mol. The summed E-state index contributed by atoms with van der Waals surface area (Å²) in [6.45, 7) is 2.70. The van der Waals surface area contributed by atoms with Gasteiger partial charge in [0.2, 0.25) is 5.91 Å². The smallest absolute Gasteiger partial charge is 0.244 e. The van der Waals surface area contributed by atoms with Crippen molar-refractivity contribution in [2.75, 3.05) is 6.61 Å². The minimum absolute atomic E-state index is 0.314. The normalized spacial score (nSPS) is 21.6. The van der Waals surface area contributed by atoms with E-state index in [4.69, 9.17) is 10.5 Å². The van der Waals surface area contributed by atoms with Gasteiger partial charge in [0.05, 0.1) is 12.7 Å². The number of carbonyl (C=O) groups excluding carboxylic acids is 1. The highest BCUT2D eigenvalue weighted by Crippen LogP contribution is 2.17. The molecule has 3 nitrogen and oxygen atoms in total. The van der Waals surface area contributed by atoms with Crippen molar-refractivity contribution in [3.8, 4) is 0 Å². The summed E-state index contributed by atoms with van der Waals surface area (Å²) < 4.78 is 5.08.